The number of hydrogen-bond acceptors (Lipinski definition) is 2. The molecule has 1 amide bonds. The lowest BCUT2D eigenvalue weighted by Crippen LogP contribution is -2.39. The largest absolute Gasteiger partial charge is 0.483 e. The van der Waals surface area contributed by atoms with Gasteiger partial charge in [-0.25, -0.2) is 0 Å². The molecule has 3 nitrogen and oxygen atoms in total. The molecule has 1 aliphatic rings. The van der Waals surface area contributed by atoms with Crippen LogP contribution >= 0.6 is 0 Å². The molecule has 3 rings (SSSR count). The monoisotopic (exact) mass is 321 g/mol. The highest BCUT2D eigenvalue weighted by atomic mass is 16.5. The smallest absolute Gasteiger partial charge is 0.260 e. The third kappa shape index (κ3) is 4.25. The molecule has 1 aliphatic heterocycles. The minimum atomic E-state index is 0.0528. The van der Waals surface area contributed by atoms with Gasteiger partial charge in [-0.15, -0.1) is 0 Å². The molecule has 2 aromatic rings. The predicted octanol–water partition coefficient (Wildman–Crippen LogP) is 3.83. The van der Waals surface area contributed by atoms with Gasteiger partial charge in [0.15, 0.2) is 6.61 Å². The molecule has 0 N–H and O–H groups in total. The average Bonchev–Trinajstić information content (AvgIpc) is 2.62. The van der Waals surface area contributed by atoms with E-state index in [1.165, 1.54) is 11.1 Å². The van der Waals surface area contributed by atoms with Gasteiger partial charge >= 0.3 is 0 Å². The SMILES string of the molecule is C=C1CCN(C(=O)COc2ccccc2Cc2ccccc2)CC1. The summed E-state index contributed by atoms with van der Waals surface area (Å²) in [6.45, 7) is 5.59. The summed E-state index contributed by atoms with van der Waals surface area (Å²) in [5, 5.41) is 0. The van der Waals surface area contributed by atoms with Crippen molar-refractivity contribution in [2.24, 2.45) is 0 Å². The average molecular weight is 321 g/mol. The topological polar surface area (TPSA) is 29.5 Å². The molecule has 0 saturated carbocycles. The van der Waals surface area contributed by atoms with Crippen molar-refractivity contribution in [1.29, 1.82) is 0 Å². The standard InChI is InChI=1S/C21H23NO2/c1-17-11-13-22(14-12-17)21(23)16-24-20-10-6-5-9-19(20)15-18-7-3-2-4-8-18/h2-10H,1,11-16H2. The van der Waals surface area contributed by atoms with Gasteiger partial charge in [0.1, 0.15) is 5.75 Å². The lowest BCUT2D eigenvalue weighted by molar-refractivity contribution is -0.133. The van der Waals surface area contributed by atoms with E-state index in [1.54, 1.807) is 0 Å². The van der Waals surface area contributed by atoms with Crippen LogP contribution in [0.15, 0.2) is 66.7 Å². The van der Waals surface area contributed by atoms with Crippen molar-refractivity contribution in [3.05, 3.63) is 77.9 Å². The molecule has 2 aromatic carbocycles. The molecule has 0 atom stereocenters. The molecule has 1 saturated heterocycles. The highest BCUT2D eigenvalue weighted by Gasteiger charge is 2.18. The van der Waals surface area contributed by atoms with E-state index in [2.05, 4.69) is 24.8 Å². The van der Waals surface area contributed by atoms with E-state index in [0.717, 1.165) is 43.7 Å². The number of carbonyl (C=O) groups is 1. The molecule has 0 aliphatic carbocycles. The summed E-state index contributed by atoms with van der Waals surface area (Å²) in [5.41, 5.74) is 3.56. The second-order valence-electron chi connectivity index (χ2n) is 6.19. The molecule has 0 radical (unpaired) electrons. The Morgan fingerprint density at radius 2 is 1.67 bits per heavy atom. The second-order valence-corrected chi connectivity index (χ2v) is 6.19. The third-order valence-corrected chi connectivity index (χ3v) is 4.38. The Morgan fingerprint density at radius 1 is 1.00 bits per heavy atom. The molecular weight excluding hydrogens is 298 g/mol. The minimum Gasteiger partial charge on any atom is -0.483 e. The lowest BCUT2D eigenvalue weighted by Gasteiger charge is -2.28. The van der Waals surface area contributed by atoms with Crippen LogP contribution < -0.4 is 4.74 Å². The minimum absolute atomic E-state index is 0.0528. The summed E-state index contributed by atoms with van der Waals surface area (Å²) in [7, 11) is 0. The molecule has 0 unspecified atom stereocenters. The number of likely N-dealkylation sites (tertiary alicyclic amines) is 1. The fourth-order valence-corrected chi connectivity index (χ4v) is 2.91. The van der Waals surface area contributed by atoms with E-state index in [0.29, 0.717) is 0 Å². The zero-order valence-corrected chi connectivity index (χ0v) is 13.9. The Morgan fingerprint density at radius 3 is 2.42 bits per heavy atom. The molecule has 1 heterocycles. The van der Waals surface area contributed by atoms with Crippen LogP contribution in [0.2, 0.25) is 0 Å². The summed E-state index contributed by atoms with van der Waals surface area (Å²) in [6, 6.07) is 18.2. The summed E-state index contributed by atoms with van der Waals surface area (Å²) >= 11 is 0. The maximum atomic E-state index is 12.3. The summed E-state index contributed by atoms with van der Waals surface area (Å²) in [4.78, 5) is 14.2. The van der Waals surface area contributed by atoms with Crippen LogP contribution in [0.25, 0.3) is 0 Å². The van der Waals surface area contributed by atoms with E-state index in [9.17, 15) is 4.79 Å². The molecule has 0 aromatic heterocycles. The van der Waals surface area contributed by atoms with E-state index >= 15 is 0 Å². The molecule has 0 bridgehead atoms. The molecule has 124 valence electrons. The maximum Gasteiger partial charge on any atom is 0.260 e. The fourth-order valence-electron chi connectivity index (χ4n) is 2.91. The Labute approximate surface area is 143 Å². The molecule has 3 heteroatoms. The van der Waals surface area contributed by atoms with E-state index in [1.807, 2.05) is 41.3 Å². The quantitative estimate of drug-likeness (QED) is 0.783. The number of piperidine rings is 1. The summed E-state index contributed by atoms with van der Waals surface area (Å²) < 4.78 is 5.84. The number of ether oxygens (including phenoxy) is 1. The highest BCUT2D eigenvalue weighted by molar-refractivity contribution is 5.78. The molecule has 1 fully saturated rings. The zero-order valence-electron chi connectivity index (χ0n) is 13.9. The Kier molecular flexibility index (Phi) is 5.32. The number of amides is 1. The van der Waals surface area contributed by atoms with Crippen LogP contribution in [-0.4, -0.2) is 30.5 Å². The number of carbonyl (C=O) groups excluding carboxylic acids is 1. The van der Waals surface area contributed by atoms with E-state index < -0.39 is 0 Å². The lowest BCUT2D eigenvalue weighted by atomic mass is 10.0. The van der Waals surface area contributed by atoms with Crippen LogP contribution in [-0.2, 0) is 11.2 Å². The van der Waals surface area contributed by atoms with Gasteiger partial charge in [-0.05, 0) is 30.0 Å². The van der Waals surface area contributed by atoms with Gasteiger partial charge in [0, 0.05) is 19.5 Å². The third-order valence-electron chi connectivity index (χ3n) is 4.38. The van der Waals surface area contributed by atoms with Crippen molar-refractivity contribution in [2.75, 3.05) is 19.7 Å². The number of nitrogens with zero attached hydrogens (tertiary/aromatic N) is 1. The van der Waals surface area contributed by atoms with Gasteiger partial charge < -0.3 is 9.64 Å². The predicted molar refractivity (Wildman–Crippen MR) is 96.1 cm³/mol. The normalized spacial score (nSPS) is 14.5. The van der Waals surface area contributed by atoms with Crippen LogP contribution in [0.3, 0.4) is 0 Å². The summed E-state index contributed by atoms with van der Waals surface area (Å²) in [5.74, 6) is 0.841. The second kappa shape index (κ2) is 7.82. The fraction of sp³-hybridized carbons (Fsp3) is 0.286. The van der Waals surface area contributed by atoms with E-state index in [-0.39, 0.29) is 12.5 Å². The van der Waals surface area contributed by atoms with Gasteiger partial charge in [0.25, 0.3) is 5.91 Å². The first-order chi connectivity index (χ1) is 11.7. The van der Waals surface area contributed by atoms with Gasteiger partial charge in [0.2, 0.25) is 0 Å². The zero-order chi connectivity index (χ0) is 16.8. The first-order valence-corrected chi connectivity index (χ1v) is 8.41. The van der Waals surface area contributed by atoms with Crippen molar-refractivity contribution in [1.82, 2.24) is 4.90 Å². The van der Waals surface area contributed by atoms with Crippen molar-refractivity contribution in [3.63, 3.8) is 0 Å². The van der Waals surface area contributed by atoms with Crippen molar-refractivity contribution >= 4 is 5.91 Å². The van der Waals surface area contributed by atoms with Crippen LogP contribution in [0, 0.1) is 0 Å². The van der Waals surface area contributed by atoms with Gasteiger partial charge in [0.05, 0.1) is 0 Å². The Bertz CT molecular complexity index is 699. The molecule has 0 spiro atoms. The van der Waals surface area contributed by atoms with Crippen molar-refractivity contribution in [3.8, 4) is 5.75 Å². The van der Waals surface area contributed by atoms with Crippen LogP contribution in [0.1, 0.15) is 24.0 Å². The Balaban J connectivity index is 1.61. The van der Waals surface area contributed by atoms with E-state index in [4.69, 9.17) is 4.74 Å². The van der Waals surface area contributed by atoms with Crippen molar-refractivity contribution in [2.45, 2.75) is 19.3 Å². The first-order valence-electron chi connectivity index (χ1n) is 8.41. The maximum absolute atomic E-state index is 12.3. The van der Waals surface area contributed by atoms with Gasteiger partial charge in [-0.1, -0.05) is 60.7 Å². The summed E-state index contributed by atoms with van der Waals surface area (Å²) in [6.07, 6.45) is 2.60. The van der Waals surface area contributed by atoms with Gasteiger partial charge in [-0.2, -0.15) is 0 Å². The van der Waals surface area contributed by atoms with Crippen LogP contribution in [0.4, 0.5) is 0 Å². The number of benzene rings is 2. The Hall–Kier alpha value is -2.55. The number of rotatable bonds is 5. The molecular formula is C21H23NO2. The number of para-hydroxylation sites is 1. The van der Waals surface area contributed by atoms with Crippen LogP contribution in [0.5, 0.6) is 5.75 Å². The van der Waals surface area contributed by atoms with Gasteiger partial charge in [-0.3, -0.25) is 4.79 Å². The highest BCUT2D eigenvalue weighted by Crippen LogP contribution is 2.22. The number of hydrogen-bond donors (Lipinski definition) is 0. The van der Waals surface area contributed by atoms with Crippen molar-refractivity contribution < 1.29 is 9.53 Å². The first kappa shape index (κ1) is 16.3. The molecule has 24 heavy (non-hydrogen) atoms.